The Bertz CT molecular complexity index is 1370. The molecule has 2 heterocycles. The monoisotopic (exact) mass is 497 g/mol. The topological polar surface area (TPSA) is 43.9 Å². The van der Waals surface area contributed by atoms with E-state index in [1.165, 1.54) is 28.6 Å². The molecule has 6 heteroatoms. The smallest absolute Gasteiger partial charge is 0.264 e. The number of carbonyl (C=O) groups is 2. The van der Waals surface area contributed by atoms with E-state index in [0.717, 1.165) is 34.8 Å². The normalized spacial score (nSPS) is 16.9. The molecule has 0 N–H and O–H groups in total. The van der Waals surface area contributed by atoms with Crippen LogP contribution in [0.5, 0.6) is 0 Å². The largest absolute Gasteiger partial charge is 0.368 e. The van der Waals surface area contributed by atoms with Crippen molar-refractivity contribution in [2.75, 3.05) is 43.0 Å². The molecule has 0 radical (unpaired) electrons. The molecule has 2 amide bonds. The molecule has 5 rings (SSSR count). The summed E-state index contributed by atoms with van der Waals surface area (Å²) in [4.78, 5) is 34.1. The summed E-state index contributed by atoms with van der Waals surface area (Å²) in [6.45, 7) is 9.26. The third kappa shape index (κ3) is 4.78. The zero-order chi connectivity index (χ0) is 25.4. The number of carbonyl (C=O) groups excluding carboxylic acids is 2. The van der Waals surface area contributed by atoms with Crippen molar-refractivity contribution < 1.29 is 9.59 Å². The number of thioether (sulfide) groups is 1. The Morgan fingerprint density at radius 3 is 2.36 bits per heavy atom. The average molecular weight is 498 g/mol. The standard InChI is InChI=1S/C30H31N3O2S/c1-20-6-5-7-23(16-20)18-28-30(35)31(4)26-19-24(10-11-27(26)36-28)29(34)33-14-12-32(13-15-33)25-17-21(2)8-9-22(25)3/h5-11,16-19H,12-15H2,1-4H3/b28-18-. The number of anilines is 2. The minimum atomic E-state index is -0.0549. The minimum Gasteiger partial charge on any atom is -0.368 e. The highest BCUT2D eigenvalue weighted by Gasteiger charge is 2.29. The van der Waals surface area contributed by atoms with Gasteiger partial charge in [0, 0.05) is 49.4 Å². The van der Waals surface area contributed by atoms with Crippen LogP contribution in [-0.4, -0.2) is 49.9 Å². The lowest BCUT2D eigenvalue weighted by Crippen LogP contribution is -2.49. The highest BCUT2D eigenvalue weighted by Crippen LogP contribution is 2.42. The number of rotatable bonds is 3. The van der Waals surface area contributed by atoms with E-state index in [0.29, 0.717) is 23.6 Å². The number of likely N-dealkylation sites (N-methyl/N-ethyl adjacent to an activating group) is 1. The van der Waals surface area contributed by atoms with Gasteiger partial charge in [0.15, 0.2) is 0 Å². The number of piperazine rings is 1. The van der Waals surface area contributed by atoms with Gasteiger partial charge in [-0.3, -0.25) is 9.59 Å². The van der Waals surface area contributed by atoms with Crippen molar-refractivity contribution in [3.05, 3.63) is 93.4 Å². The van der Waals surface area contributed by atoms with Crippen LogP contribution in [0.2, 0.25) is 0 Å². The van der Waals surface area contributed by atoms with Gasteiger partial charge in [-0.05, 0) is 67.8 Å². The molecular formula is C30H31N3O2S. The Morgan fingerprint density at radius 1 is 0.861 bits per heavy atom. The third-order valence-electron chi connectivity index (χ3n) is 6.91. The minimum absolute atomic E-state index is 0.0189. The van der Waals surface area contributed by atoms with Gasteiger partial charge in [-0.25, -0.2) is 0 Å². The molecule has 0 unspecified atom stereocenters. The summed E-state index contributed by atoms with van der Waals surface area (Å²) < 4.78 is 0. The zero-order valence-corrected chi connectivity index (χ0v) is 22.1. The predicted molar refractivity (Wildman–Crippen MR) is 149 cm³/mol. The quantitative estimate of drug-likeness (QED) is 0.437. The van der Waals surface area contributed by atoms with E-state index in [9.17, 15) is 9.59 Å². The molecule has 0 aliphatic carbocycles. The second-order valence-electron chi connectivity index (χ2n) is 9.64. The molecule has 1 fully saturated rings. The Morgan fingerprint density at radius 2 is 1.61 bits per heavy atom. The van der Waals surface area contributed by atoms with Gasteiger partial charge in [0.2, 0.25) is 0 Å². The molecule has 0 aromatic heterocycles. The second-order valence-corrected chi connectivity index (χ2v) is 10.7. The molecule has 0 atom stereocenters. The fourth-order valence-corrected chi connectivity index (χ4v) is 5.92. The summed E-state index contributed by atoms with van der Waals surface area (Å²) in [5.74, 6) is -0.0360. The second kappa shape index (κ2) is 9.86. The van der Waals surface area contributed by atoms with Crippen LogP contribution in [0.15, 0.2) is 70.5 Å². The van der Waals surface area contributed by atoms with E-state index in [-0.39, 0.29) is 11.8 Å². The van der Waals surface area contributed by atoms with Gasteiger partial charge in [-0.2, -0.15) is 0 Å². The number of fused-ring (bicyclic) bond motifs is 1. The van der Waals surface area contributed by atoms with Gasteiger partial charge in [0.05, 0.1) is 10.6 Å². The van der Waals surface area contributed by atoms with Crippen molar-refractivity contribution in [3.8, 4) is 0 Å². The maximum Gasteiger partial charge on any atom is 0.264 e. The number of nitrogens with zero attached hydrogens (tertiary/aromatic N) is 3. The van der Waals surface area contributed by atoms with E-state index in [2.05, 4.69) is 43.0 Å². The van der Waals surface area contributed by atoms with Gasteiger partial charge in [-0.15, -0.1) is 0 Å². The molecule has 5 nitrogen and oxygen atoms in total. The maximum atomic E-state index is 13.4. The van der Waals surface area contributed by atoms with E-state index < -0.39 is 0 Å². The summed E-state index contributed by atoms with van der Waals surface area (Å²) in [6, 6.07) is 20.3. The number of amides is 2. The lowest BCUT2D eigenvalue weighted by Gasteiger charge is -2.37. The van der Waals surface area contributed by atoms with E-state index >= 15 is 0 Å². The van der Waals surface area contributed by atoms with Crippen LogP contribution < -0.4 is 9.80 Å². The average Bonchev–Trinajstić information content (AvgIpc) is 2.88. The molecule has 184 valence electrons. The molecule has 0 saturated carbocycles. The van der Waals surface area contributed by atoms with E-state index in [4.69, 9.17) is 0 Å². The Balaban J connectivity index is 1.31. The van der Waals surface area contributed by atoms with Gasteiger partial charge in [0.1, 0.15) is 0 Å². The summed E-state index contributed by atoms with van der Waals surface area (Å²) >= 11 is 1.46. The first kappa shape index (κ1) is 24.2. The molecule has 36 heavy (non-hydrogen) atoms. The SMILES string of the molecule is Cc1cccc(/C=C2\Sc3ccc(C(=O)N4CCN(c5cc(C)ccc5C)CC4)cc3N(C)C2=O)c1. The highest BCUT2D eigenvalue weighted by atomic mass is 32.2. The molecule has 1 saturated heterocycles. The van der Waals surface area contributed by atoms with E-state index in [1.807, 2.05) is 54.3 Å². The zero-order valence-electron chi connectivity index (χ0n) is 21.2. The third-order valence-corrected chi connectivity index (χ3v) is 7.99. The van der Waals surface area contributed by atoms with Crippen molar-refractivity contribution in [2.24, 2.45) is 0 Å². The Labute approximate surface area is 217 Å². The molecule has 0 bridgehead atoms. The van der Waals surface area contributed by atoms with Gasteiger partial charge in [-0.1, -0.05) is 53.7 Å². The Hall–Kier alpha value is -3.51. The van der Waals surface area contributed by atoms with Gasteiger partial charge < -0.3 is 14.7 Å². The summed E-state index contributed by atoms with van der Waals surface area (Å²) in [5.41, 5.74) is 7.33. The predicted octanol–water partition coefficient (Wildman–Crippen LogP) is 5.68. The van der Waals surface area contributed by atoms with Gasteiger partial charge in [0.25, 0.3) is 11.8 Å². The molecule has 3 aromatic carbocycles. The summed E-state index contributed by atoms with van der Waals surface area (Å²) in [6.07, 6.45) is 1.94. The first-order chi connectivity index (χ1) is 17.3. The molecule has 2 aliphatic rings. The first-order valence-corrected chi connectivity index (χ1v) is 13.1. The molecule has 2 aliphatic heterocycles. The van der Waals surface area contributed by atoms with Crippen LogP contribution in [0, 0.1) is 20.8 Å². The van der Waals surface area contributed by atoms with Crippen molar-refractivity contribution >= 4 is 41.0 Å². The van der Waals surface area contributed by atoms with Crippen molar-refractivity contribution in [3.63, 3.8) is 0 Å². The van der Waals surface area contributed by atoms with Crippen molar-refractivity contribution in [1.82, 2.24) is 4.90 Å². The number of aryl methyl sites for hydroxylation is 3. The van der Waals surface area contributed by atoms with Gasteiger partial charge >= 0.3 is 0 Å². The van der Waals surface area contributed by atoms with Crippen molar-refractivity contribution in [1.29, 1.82) is 0 Å². The molecule has 0 spiro atoms. The lowest BCUT2D eigenvalue weighted by molar-refractivity contribution is -0.114. The van der Waals surface area contributed by atoms with Crippen LogP contribution in [0.1, 0.15) is 32.6 Å². The highest BCUT2D eigenvalue weighted by molar-refractivity contribution is 8.04. The van der Waals surface area contributed by atoms with Crippen LogP contribution in [0.3, 0.4) is 0 Å². The number of hydrogen-bond acceptors (Lipinski definition) is 4. The fourth-order valence-electron chi connectivity index (χ4n) is 4.83. The Kier molecular flexibility index (Phi) is 6.63. The first-order valence-electron chi connectivity index (χ1n) is 12.3. The van der Waals surface area contributed by atoms with Crippen molar-refractivity contribution in [2.45, 2.75) is 25.7 Å². The van der Waals surface area contributed by atoms with Crippen LogP contribution in [-0.2, 0) is 4.79 Å². The molecule has 3 aromatic rings. The summed E-state index contributed by atoms with van der Waals surface area (Å²) in [7, 11) is 1.78. The van der Waals surface area contributed by atoms with Crippen LogP contribution >= 0.6 is 11.8 Å². The van der Waals surface area contributed by atoms with Crippen LogP contribution in [0.4, 0.5) is 11.4 Å². The van der Waals surface area contributed by atoms with Crippen LogP contribution in [0.25, 0.3) is 6.08 Å². The maximum absolute atomic E-state index is 13.4. The number of hydrogen-bond donors (Lipinski definition) is 0. The lowest BCUT2D eigenvalue weighted by atomic mass is 10.1. The fraction of sp³-hybridized carbons (Fsp3) is 0.267. The molecular weight excluding hydrogens is 466 g/mol. The summed E-state index contributed by atoms with van der Waals surface area (Å²) in [5, 5.41) is 0. The van der Waals surface area contributed by atoms with E-state index in [1.54, 1.807) is 11.9 Å². The number of benzene rings is 3.